The Morgan fingerprint density at radius 2 is 1.48 bits per heavy atom. The Kier molecular flexibility index (Phi) is 19.6. The number of benzene rings is 2. The van der Waals surface area contributed by atoms with Crippen LogP contribution in [0.4, 0.5) is 5.69 Å². The topological polar surface area (TPSA) is 50.8 Å². The molecule has 0 aromatic heterocycles. The molecule has 234 valence electrons. The zero-order valence-corrected chi connectivity index (χ0v) is 28.6. The molecule has 3 rings (SSSR count). The molecule has 1 heterocycles. The van der Waals surface area contributed by atoms with Crippen molar-refractivity contribution in [1.29, 1.82) is 0 Å². The van der Waals surface area contributed by atoms with E-state index in [0.717, 1.165) is 24.5 Å². The summed E-state index contributed by atoms with van der Waals surface area (Å²) in [5.74, 6) is 1.93. The molecule has 1 aliphatic rings. The third-order valence-electron chi connectivity index (χ3n) is 7.26. The second kappa shape index (κ2) is 22.7. The number of nitrogens with one attached hydrogen (secondary N) is 1. The molecular weight excluding hydrogens is 632 g/mol. The van der Waals surface area contributed by atoms with Crippen molar-refractivity contribution in [2.24, 2.45) is 0 Å². The van der Waals surface area contributed by atoms with Gasteiger partial charge in [0.25, 0.3) is 5.91 Å². The molecule has 2 aromatic rings. The average Bonchev–Trinajstić information content (AvgIpc) is 3.49. The summed E-state index contributed by atoms with van der Waals surface area (Å²) in [4.78, 5) is 14.7. The highest BCUT2D eigenvalue weighted by atomic mass is 79.9. The van der Waals surface area contributed by atoms with Gasteiger partial charge in [-0.3, -0.25) is 4.79 Å². The molecule has 2 aromatic carbocycles. The number of carbonyl (C=O) groups is 1. The van der Waals surface area contributed by atoms with E-state index in [1.165, 1.54) is 89.0 Å². The lowest BCUT2D eigenvalue weighted by Gasteiger charge is -2.15. The van der Waals surface area contributed by atoms with E-state index in [2.05, 4.69) is 28.7 Å². The molecule has 1 aliphatic heterocycles. The van der Waals surface area contributed by atoms with Gasteiger partial charge < -0.3 is 19.7 Å². The quantitative estimate of drug-likeness (QED) is 0.125. The molecule has 0 spiro atoms. The fourth-order valence-electron chi connectivity index (χ4n) is 4.85. The predicted molar refractivity (Wildman–Crippen MR) is 185 cm³/mol. The number of hydrogen-bond donors (Lipinski definition) is 1. The highest BCUT2D eigenvalue weighted by molar-refractivity contribution is 8.93. The monoisotopic (exact) mass is 680 g/mol. The average molecular weight is 682 g/mol. The van der Waals surface area contributed by atoms with Crippen LogP contribution in [-0.4, -0.2) is 29.9 Å². The second-order valence-electron chi connectivity index (χ2n) is 10.9. The van der Waals surface area contributed by atoms with Gasteiger partial charge in [0.1, 0.15) is 11.5 Å². The van der Waals surface area contributed by atoms with E-state index in [1.807, 2.05) is 24.3 Å². The zero-order valence-electron chi connectivity index (χ0n) is 25.3. The van der Waals surface area contributed by atoms with E-state index < -0.39 is 0 Å². The first kappa shape index (κ1) is 36.4. The Morgan fingerprint density at radius 3 is 2.07 bits per heavy atom. The molecule has 0 saturated carbocycles. The molecule has 0 atom stereocenters. The van der Waals surface area contributed by atoms with Crippen LogP contribution in [-0.2, 0) is 11.3 Å². The maximum atomic E-state index is 12.4. The van der Waals surface area contributed by atoms with Crippen LogP contribution in [0, 0.1) is 0 Å². The summed E-state index contributed by atoms with van der Waals surface area (Å²) in [5, 5.41) is 5.54. The molecule has 0 aliphatic carbocycles. The Bertz CT molecular complexity index is 1040. The van der Waals surface area contributed by atoms with E-state index in [0.29, 0.717) is 23.1 Å². The maximum absolute atomic E-state index is 12.4. The molecule has 0 radical (unpaired) electrons. The largest absolute Gasteiger partial charge is 0.492 e. The number of amides is 1. The molecule has 8 heteroatoms. The van der Waals surface area contributed by atoms with Crippen molar-refractivity contribution in [3.8, 4) is 11.5 Å². The van der Waals surface area contributed by atoms with Crippen molar-refractivity contribution >= 4 is 51.9 Å². The zero-order chi connectivity index (χ0) is 29.0. The lowest BCUT2D eigenvalue weighted by atomic mass is 10.0. The third kappa shape index (κ3) is 15.6. The summed E-state index contributed by atoms with van der Waals surface area (Å²) in [6, 6.07) is 13.2. The van der Waals surface area contributed by atoms with Crippen molar-refractivity contribution in [2.45, 2.75) is 103 Å². The number of ether oxygens (including phenoxy) is 2. The van der Waals surface area contributed by atoms with E-state index >= 15 is 0 Å². The first-order valence-electron chi connectivity index (χ1n) is 15.6. The van der Waals surface area contributed by atoms with Gasteiger partial charge in [0, 0.05) is 24.5 Å². The lowest BCUT2D eigenvalue weighted by Crippen LogP contribution is -2.20. The number of anilines is 1. The van der Waals surface area contributed by atoms with Crippen LogP contribution in [0.5, 0.6) is 11.5 Å². The summed E-state index contributed by atoms with van der Waals surface area (Å²) < 4.78 is 11.6. The first-order chi connectivity index (χ1) is 20.1. The van der Waals surface area contributed by atoms with Crippen LogP contribution in [0.1, 0.15) is 102 Å². The Morgan fingerprint density at radius 1 is 0.857 bits per heavy atom. The highest BCUT2D eigenvalue weighted by Crippen LogP contribution is 2.29. The summed E-state index contributed by atoms with van der Waals surface area (Å²) in [6.07, 6.45) is 20.7. The molecular formula is C34H50BrClN2O3S. The minimum Gasteiger partial charge on any atom is -0.492 e. The molecule has 1 N–H and O–H groups in total. The third-order valence-corrected chi connectivity index (χ3v) is 8.37. The molecule has 0 fully saturated rings. The van der Waals surface area contributed by atoms with Crippen LogP contribution in [0.15, 0.2) is 54.1 Å². The van der Waals surface area contributed by atoms with Crippen LogP contribution in [0.2, 0.25) is 5.02 Å². The number of unbranched alkanes of at least 4 members (excludes halogenated alkanes) is 13. The van der Waals surface area contributed by atoms with Gasteiger partial charge in [-0.1, -0.05) is 114 Å². The summed E-state index contributed by atoms with van der Waals surface area (Å²) in [7, 11) is 0. The number of nitrogens with zero attached hydrogens (tertiary/aromatic N) is 1. The fraction of sp³-hybridized carbons (Fsp3) is 0.559. The van der Waals surface area contributed by atoms with Crippen molar-refractivity contribution in [1.82, 2.24) is 4.90 Å². The minimum absolute atomic E-state index is 0. The van der Waals surface area contributed by atoms with E-state index in [9.17, 15) is 4.79 Å². The van der Waals surface area contributed by atoms with Gasteiger partial charge in [-0.25, -0.2) is 0 Å². The summed E-state index contributed by atoms with van der Waals surface area (Å²) in [6.45, 7) is 3.68. The number of carbonyl (C=O) groups excluding carboxylic acids is 1. The second-order valence-corrected chi connectivity index (χ2v) is 12.2. The van der Waals surface area contributed by atoms with Gasteiger partial charge in [-0.15, -0.1) is 28.7 Å². The summed E-state index contributed by atoms with van der Waals surface area (Å²) >= 11 is 8.12. The van der Waals surface area contributed by atoms with Crippen molar-refractivity contribution in [3.63, 3.8) is 0 Å². The number of hydrogen-bond acceptors (Lipinski definition) is 5. The van der Waals surface area contributed by atoms with E-state index in [4.69, 9.17) is 21.1 Å². The molecule has 5 nitrogen and oxygen atoms in total. The number of thioether (sulfide) groups is 1. The Hall–Kier alpha value is -1.83. The van der Waals surface area contributed by atoms with Gasteiger partial charge in [-0.2, -0.15) is 0 Å². The van der Waals surface area contributed by atoms with Gasteiger partial charge in [-0.05, 0) is 41.7 Å². The molecule has 0 unspecified atom stereocenters. The highest BCUT2D eigenvalue weighted by Gasteiger charge is 2.09. The lowest BCUT2D eigenvalue weighted by molar-refractivity contribution is -0.118. The molecule has 0 bridgehead atoms. The van der Waals surface area contributed by atoms with Gasteiger partial charge in [0.2, 0.25) is 0 Å². The standard InChI is InChI=1S/C34H49ClN2O3S.BrH/c1-2-3-4-5-6-7-8-9-10-11-12-13-14-15-23-39-33-25-31(20-21-32(33)35)40-27-34(38)36-30-18-16-29(17-19-30)26-37-22-24-41-28-37;/h16-22,24-25H,2-15,23,26-28H2,1H3,(H,36,38);1H. The van der Waals surface area contributed by atoms with Gasteiger partial charge in [0.05, 0.1) is 17.5 Å². The maximum Gasteiger partial charge on any atom is 0.262 e. The van der Waals surface area contributed by atoms with E-state index in [-0.39, 0.29) is 29.5 Å². The Balaban J connectivity index is 0.00000616. The van der Waals surface area contributed by atoms with Crippen LogP contribution in [0.3, 0.4) is 0 Å². The number of halogens is 2. The molecule has 42 heavy (non-hydrogen) atoms. The smallest absolute Gasteiger partial charge is 0.262 e. The SMILES string of the molecule is Br.CCCCCCCCCCCCCCCCOc1cc(OCC(=O)Nc2ccc(CN3C=CSC3)cc2)ccc1Cl. The number of rotatable bonds is 22. The van der Waals surface area contributed by atoms with Crippen molar-refractivity contribution in [3.05, 3.63) is 64.7 Å². The first-order valence-corrected chi connectivity index (χ1v) is 17.0. The van der Waals surface area contributed by atoms with Gasteiger partial charge in [0.15, 0.2) is 6.61 Å². The van der Waals surface area contributed by atoms with Crippen LogP contribution in [0.25, 0.3) is 0 Å². The van der Waals surface area contributed by atoms with E-state index in [1.54, 1.807) is 30.0 Å². The predicted octanol–water partition coefficient (Wildman–Crippen LogP) is 10.8. The van der Waals surface area contributed by atoms with Crippen molar-refractivity contribution in [2.75, 3.05) is 24.4 Å². The molecule has 0 saturated heterocycles. The normalized spacial score (nSPS) is 12.3. The summed E-state index contributed by atoms with van der Waals surface area (Å²) in [5.41, 5.74) is 1.95. The van der Waals surface area contributed by atoms with Crippen LogP contribution < -0.4 is 14.8 Å². The van der Waals surface area contributed by atoms with Gasteiger partial charge >= 0.3 is 0 Å². The van der Waals surface area contributed by atoms with Crippen molar-refractivity contribution < 1.29 is 14.3 Å². The van der Waals surface area contributed by atoms with Crippen LogP contribution >= 0.6 is 40.3 Å². The fourth-order valence-corrected chi connectivity index (χ4v) is 5.73. The Labute approximate surface area is 273 Å². The minimum atomic E-state index is -0.212. The molecule has 1 amide bonds.